The smallest absolute Gasteiger partial charge is 0.404 e. The lowest BCUT2D eigenvalue weighted by Crippen LogP contribution is -2.47. The first-order valence-corrected chi connectivity index (χ1v) is 7.69. The molecule has 0 aliphatic carbocycles. The van der Waals surface area contributed by atoms with Gasteiger partial charge in [0.15, 0.2) is 0 Å². The first-order valence-electron chi connectivity index (χ1n) is 7.69. The number of nitrogens with two attached hydrogens (primary N) is 1. The van der Waals surface area contributed by atoms with E-state index in [1.165, 1.54) is 0 Å². The van der Waals surface area contributed by atoms with Crippen LogP contribution in [-0.2, 0) is 9.53 Å². The summed E-state index contributed by atoms with van der Waals surface area (Å²) >= 11 is 0. The number of carbonyl (C=O) groups is 1. The molecule has 126 valence electrons. The van der Waals surface area contributed by atoms with Gasteiger partial charge < -0.3 is 10.5 Å². The van der Waals surface area contributed by atoms with Crippen molar-refractivity contribution in [1.29, 1.82) is 0 Å². The summed E-state index contributed by atoms with van der Waals surface area (Å²) in [5.74, 6) is -2.05. The van der Waals surface area contributed by atoms with Gasteiger partial charge in [-0.1, -0.05) is 52.9 Å². The molecule has 0 unspecified atom stereocenters. The van der Waals surface area contributed by atoms with Crippen LogP contribution in [0, 0.1) is 11.8 Å². The number of hydrogen-bond acceptors (Lipinski definition) is 3. The van der Waals surface area contributed by atoms with Crippen LogP contribution in [0.3, 0.4) is 0 Å². The summed E-state index contributed by atoms with van der Waals surface area (Å²) in [7, 11) is 0. The second kappa shape index (κ2) is 10.0. The van der Waals surface area contributed by atoms with E-state index in [0.717, 1.165) is 25.7 Å². The average Bonchev–Trinajstić information content (AvgIpc) is 2.38. The van der Waals surface area contributed by atoms with Crippen molar-refractivity contribution in [3.8, 4) is 0 Å². The van der Waals surface area contributed by atoms with E-state index in [2.05, 4.69) is 6.92 Å². The number of unbranched alkanes of at least 4 members (excludes halogenated alkanes) is 4. The van der Waals surface area contributed by atoms with Crippen LogP contribution in [-0.4, -0.2) is 24.8 Å². The zero-order valence-corrected chi connectivity index (χ0v) is 13.2. The highest BCUT2D eigenvalue weighted by molar-refractivity contribution is 5.73. The van der Waals surface area contributed by atoms with E-state index in [0.29, 0.717) is 6.42 Å². The summed E-state index contributed by atoms with van der Waals surface area (Å²) in [6.45, 7) is 5.84. The van der Waals surface area contributed by atoms with Crippen molar-refractivity contribution in [3.05, 3.63) is 0 Å². The second-order valence-corrected chi connectivity index (χ2v) is 5.90. The van der Waals surface area contributed by atoms with Gasteiger partial charge in [-0.05, 0) is 12.3 Å². The number of hydrogen-bond donors (Lipinski definition) is 1. The van der Waals surface area contributed by atoms with E-state index in [4.69, 9.17) is 10.5 Å². The fraction of sp³-hybridized carbons (Fsp3) is 0.933. The molecule has 2 N–H and O–H groups in total. The Morgan fingerprint density at radius 1 is 1.14 bits per heavy atom. The van der Waals surface area contributed by atoms with Crippen molar-refractivity contribution in [2.75, 3.05) is 6.61 Å². The molecule has 0 spiro atoms. The minimum absolute atomic E-state index is 0.0845. The van der Waals surface area contributed by atoms with Gasteiger partial charge in [0.2, 0.25) is 0 Å². The van der Waals surface area contributed by atoms with E-state index >= 15 is 0 Å². The van der Waals surface area contributed by atoms with Crippen molar-refractivity contribution < 1.29 is 22.7 Å². The Hall–Kier alpha value is -0.780. The van der Waals surface area contributed by atoms with E-state index in [1.807, 2.05) is 13.8 Å². The Morgan fingerprint density at radius 3 is 2.19 bits per heavy atom. The van der Waals surface area contributed by atoms with Crippen molar-refractivity contribution in [2.45, 2.75) is 71.5 Å². The van der Waals surface area contributed by atoms with Crippen LogP contribution in [0.5, 0.6) is 0 Å². The monoisotopic (exact) mass is 311 g/mol. The minimum atomic E-state index is -4.58. The van der Waals surface area contributed by atoms with Crippen molar-refractivity contribution in [3.63, 3.8) is 0 Å². The number of rotatable bonds is 10. The maximum Gasteiger partial charge on any atom is 0.404 e. The molecule has 0 radical (unpaired) electrons. The predicted octanol–water partition coefficient (Wildman–Crippen LogP) is 4.05. The van der Waals surface area contributed by atoms with Crippen LogP contribution in [0.15, 0.2) is 0 Å². The number of halogens is 3. The van der Waals surface area contributed by atoms with Crippen LogP contribution in [0.4, 0.5) is 13.2 Å². The van der Waals surface area contributed by atoms with E-state index in [1.54, 1.807) is 0 Å². The largest absolute Gasteiger partial charge is 0.465 e. The fourth-order valence-corrected chi connectivity index (χ4v) is 2.00. The van der Waals surface area contributed by atoms with Crippen molar-refractivity contribution in [2.24, 2.45) is 17.6 Å². The molecule has 0 aromatic heterocycles. The summed E-state index contributed by atoms with van der Waals surface area (Å²) in [5.41, 5.74) is 5.22. The van der Waals surface area contributed by atoms with Crippen LogP contribution in [0.2, 0.25) is 0 Å². The third-order valence-electron chi connectivity index (χ3n) is 3.29. The quantitative estimate of drug-likeness (QED) is 0.489. The van der Waals surface area contributed by atoms with Gasteiger partial charge in [-0.15, -0.1) is 0 Å². The molecule has 0 aliphatic heterocycles. The second-order valence-electron chi connectivity index (χ2n) is 5.90. The summed E-state index contributed by atoms with van der Waals surface area (Å²) in [4.78, 5) is 11.9. The van der Waals surface area contributed by atoms with E-state index < -0.39 is 24.1 Å². The molecule has 6 heteroatoms. The normalized spacial score (nSPS) is 15.0. The number of esters is 1. The van der Waals surface area contributed by atoms with Gasteiger partial charge in [0, 0.05) is 0 Å². The van der Waals surface area contributed by atoms with Crippen LogP contribution in [0.1, 0.15) is 59.3 Å². The first-order chi connectivity index (χ1) is 9.70. The lowest BCUT2D eigenvalue weighted by molar-refractivity contribution is -0.177. The first kappa shape index (κ1) is 20.2. The fourth-order valence-electron chi connectivity index (χ4n) is 2.00. The lowest BCUT2D eigenvalue weighted by atomic mass is 9.93. The van der Waals surface area contributed by atoms with Gasteiger partial charge in [0.05, 0.1) is 12.5 Å². The molecular formula is C15H28F3NO2. The van der Waals surface area contributed by atoms with Crippen LogP contribution >= 0.6 is 0 Å². The lowest BCUT2D eigenvalue weighted by Gasteiger charge is -2.24. The number of ether oxygens (including phenoxy) is 1. The number of carbonyl (C=O) groups excluding carboxylic acids is 1. The molecule has 0 saturated carbocycles. The van der Waals surface area contributed by atoms with Crippen molar-refractivity contribution in [1.82, 2.24) is 0 Å². The third-order valence-corrected chi connectivity index (χ3v) is 3.29. The Balaban J connectivity index is 4.51. The molecule has 21 heavy (non-hydrogen) atoms. The van der Waals surface area contributed by atoms with Gasteiger partial charge in [0.1, 0.15) is 6.04 Å². The molecule has 0 saturated heterocycles. The van der Waals surface area contributed by atoms with Gasteiger partial charge >= 0.3 is 12.1 Å². The molecule has 0 aromatic rings. The van der Waals surface area contributed by atoms with Crippen LogP contribution < -0.4 is 5.73 Å². The predicted molar refractivity (Wildman–Crippen MR) is 76.7 cm³/mol. The van der Waals surface area contributed by atoms with Crippen molar-refractivity contribution >= 4 is 5.97 Å². The zero-order valence-electron chi connectivity index (χ0n) is 13.2. The molecular weight excluding hydrogens is 283 g/mol. The van der Waals surface area contributed by atoms with Gasteiger partial charge in [0.25, 0.3) is 0 Å². The minimum Gasteiger partial charge on any atom is -0.465 e. The highest BCUT2D eigenvalue weighted by Gasteiger charge is 2.45. The Morgan fingerprint density at radius 2 is 1.71 bits per heavy atom. The molecule has 0 rings (SSSR count). The summed E-state index contributed by atoms with van der Waals surface area (Å²) in [5, 5.41) is 0. The molecule has 0 bridgehead atoms. The van der Waals surface area contributed by atoms with Gasteiger partial charge in [-0.25, -0.2) is 0 Å². The zero-order chi connectivity index (χ0) is 16.5. The summed E-state index contributed by atoms with van der Waals surface area (Å²) in [6.07, 6.45) is -0.00884. The highest BCUT2D eigenvalue weighted by atomic mass is 19.4. The highest BCUT2D eigenvalue weighted by Crippen LogP contribution is 2.28. The third kappa shape index (κ3) is 8.96. The molecule has 0 fully saturated rings. The Kier molecular flexibility index (Phi) is 9.66. The molecule has 0 heterocycles. The maximum absolute atomic E-state index is 12.8. The summed E-state index contributed by atoms with van der Waals surface area (Å²) < 4.78 is 43.2. The van der Waals surface area contributed by atoms with Gasteiger partial charge in [-0.2, -0.15) is 13.2 Å². The van der Waals surface area contributed by atoms with Crippen LogP contribution in [0.25, 0.3) is 0 Å². The van der Waals surface area contributed by atoms with Gasteiger partial charge in [-0.3, -0.25) is 4.79 Å². The molecule has 0 amide bonds. The summed E-state index contributed by atoms with van der Waals surface area (Å²) in [6, 6.07) is -2.15. The van der Waals surface area contributed by atoms with E-state index in [-0.39, 0.29) is 18.9 Å². The molecule has 0 aromatic carbocycles. The Labute approximate surface area is 125 Å². The standard InChI is InChI=1S/C15H28F3NO2/c1-4-5-6-7-8-9-12(13(19)15(16,17)18)14(20)21-10-11(2)3/h11-13H,4-10,19H2,1-3H3/t12-,13-/m1/s1. The molecule has 2 atom stereocenters. The molecule has 3 nitrogen and oxygen atoms in total. The average molecular weight is 311 g/mol. The molecule has 0 aliphatic rings. The number of alkyl halides is 3. The Bertz CT molecular complexity index is 293. The maximum atomic E-state index is 12.8. The van der Waals surface area contributed by atoms with E-state index in [9.17, 15) is 18.0 Å². The topological polar surface area (TPSA) is 52.3 Å². The SMILES string of the molecule is CCCCCCC[C@@H](C(=O)OCC(C)C)[C@@H](N)C(F)(F)F.